The molecule has 1 amide bonds. The fourth-order valence-electron chi connectivity index (χ4n) is 1.06. The van der Waals surface area contributed by atoms with Crippen LogP contribution in [0, 0.1) is 6.92 Å². The van der Waals surface area contributed by atoms with Crippen LogP contribution in [0.5, 0.6) is 0 Å². The third-order valence-electron chi connectivity index (χ3n) is 1.84. The quantitative estimate of drug-likeness (QED) is 0.807. The maximum Gasteiger partial charge on any atom is 0.323 e. The zero-order valence-corrected chi connectivity index (χ0v) is 9.24. The summed E-state index contributed by atoms with van der Waals surface area (Å²) in [5, 5.41) is 12.3. The summed E-state index contributed by atoms with van der Waals surface area (Å²) in [5.41, 5.74) is 0.536. The van der Waals surface area contributed by atoms with E-state index in [4.69, 9.17) is 5.11 Å². The first-order chi connectivity index (χ1) is 7.06. The summed E-state index contributed by atoms with van der Waals surface area (Å²) in [6.07, 6.45) is 0. The van der Waals surface area contributed by atoms with E-state index in [-0.39, 0.29) is 12.5 Å². The van der Waals surface area contributed by atoms with Gasteiger partial charge in [0.1, 0.15) is 11.4 Å². The van der Waals surface area contributed by atoms with Gasteiger partial charge in [-0.05, 0) is 25.4 Å². The number of carbonyl (C=O) groups is 2. The van der Waals surface area contributed by atoms with Crippen LogP contribution < -0.4 is 0 Å². The number of rotatable bonds is 4. The number of hydrogen-bond donors (Lipinski definition) is 1. The lowest BCUT2D eigenvalue weighted by molar-refractivity contribution is -0.137. The molecule has 0 spiro atoms. The number of carbonyl (C=O) groups excluding carboxylic acids is 1. The van der Waals surface area contributed by atoms with Crippen LogP contribution in [0.15, 0.2) is 0 Å². The lowest BCUT2D eigenvalue weighted by Crippen LogP contribution is -2.35. The van der Waals surface area contributed by atoms with E-state index in [1.54, 1.807) is 13.8 Å². The maximum absolute atomic E-state index is 11.8. The molecule has 0 unspecified atom stereocenters. The molecule has 0 saturated heterocycles. The Balaban J connectivity index is 2.82. The topological polar surface area (TPSA) is 83.4 Å². The van der Waals surface area contributed by atoms with Gasteiger partial charge in [-0.3, -0.25) is 9.59 Å². The largest absolute Gasteiger partial charge is 0.480 e. The van der Waals surface area contributed by atoms with Crippen LogP contribution in [-0.4, -0.2) is 44.6 Å². The zero-order chi connectivity index (χ0) is 11.4. The van der Waals surface area contributed by atoms with Crippen LogP contribution in [0.25, 0.3) is 0 Å². The number of aromatic nitrogens is 2. The molecule has 0 fully saturated rings. The summed E-state index contributed by atoms with van der Waals surface area (Å²) in [7, 11) is 0. The van der Waals surface area contributed by atoms with Gasteiger partial charge in [0.05, 0.1) is 5.69 Å². The molecule has 0 saturated carbocycles. The number of carboxylic acids is 1. The first-order valence-corrected chi connectivity index (χ1v) is 5.13. The van der Waals surface area contributed by atoms with Crippen molar-refractivity contribution >= 4 is 23.4 Å². The van der Waals surface area contributed by atoms with E-state index in [0.717, 1.165) is 11.5 Å². The van der Waals surface area contributed by atoms with Gasteiger partial charge in [-0.2, -0.15) is 0 Å². The molecular formula is C8H11N3O3S. The third-order valence-corrected chi connectivity index (χ3v) is 2.66. The second-order valence-corrected chi connectivity index (χ2v) is 3.65. The van der Waals surface area contributed by atoms with E-state index in [0.29, 0.717) is 17.1 Å². The second-order valence-electron chi connectivity index (χ2n) is 2.90. The van der Waals surface area contributed by atoms with Crippen LogP contribution in [0.1, 0.15) is 22.3 Å². The number of carboxylic acid groups (broad SMARTS) is 1. The van der Waals surface area contributed by atoms with Crippen molar-refractivity contribution in [3.8, 4) is 0 Å². The van der Waals surface area contributed by atoms with E-state index in [9.17, 15) is 9.59 Å². The summed E-state index contributed by atoms with van der Waals surface area (Å²) in [4.78, 5) is 23.9. The van der Waals surface area contributed by atoms with Crippen molar-refractivity contribution in [2.75, 3.05) is 13.1 Å². The van der Waals surface area contributed by atoms with E-state index in [2.05, 4.69) is 9.59 Å². The van der Waals surface area contributed by atoms with Gasteiger partial charge in [0.15, 0.2) is 0 Å². The van der Waals surface area contributed by atoms with E-state index in [1.165, 1.54) is 4.90 Å². The Morgan fingerprint density at radius 3 is 2.60 bits per heavy atom. The van der Waals surface area contributed by atoms with Crippen molar-refractivity contribution in [1.29, 1.82) is 0 Å². The Morgan fingerprint density at radius 1 is 1.53 bits per heavy atom. The van der Waals surface area contributed by atoms with Gasteiger partial charge in [0.25, 0.3) is 5.91 Å². The summed E-state index contributed by atoms with van der Waals surface area (Å²) < 4.78 is 3.64. The van der Waals surface area contributed by atoms with E-state index < -0.39 is 5.97 Å². The predicted octanol–water partition coefficient (Wildman–Crippen LogP) is 0.393. The molecule has 7 heteroatoms. The van der Waals surface area contributed by atoms with Crippen molar-refractivity contribution in [3.63, 3.8) is 0 Å². The molecular weight excluding hydrogens is 218 g/mol. The highest BCUT2D eigenvalue weighted by Gasteiger charge is 2.20. The van der Waals surface area contributed by atoms with E-state index in [1.807, 2.05) is 0 Å². The first kappa shape index (κ1) is 11.6. The van der Waals surface area contributed by atoms with Crippen LogP contribution >= 0.6 is 11.5 Å². The molecule has 1 aromatic rings. The molecule has 0 radical (unpaired) electrons. The van der Waals surface area contributed by atoms with Gasteiger partial charge >= 0.3 is 5.97 Å². The maximum atomic E-state index is 11.8. The van der Waals surface area contributed by atoms with Crippen molar-refractivity contribution in [3.05, 3.63) is 10.6 Å². The highest BCUT2D eigenvalue weighted by atomic mass is 32.1. The standard InChI is InChI=1S/C8H11N3O3S/c1-3-11(4-6(12)13)8(14)7-5(2)9-10-15-7/h3-4H2,1-2H3,(H,12,13). The van der Waals surface area contributed by atoms with Crippen molar-refractivity contribution < 1.29 is 14.7 Å². The summed E-state index contributed by atoms with van der Waals surface area (Å²) in [6.45, 7) is 3.45. The zero-order valence-electron chi connectivity index (χ0n) is 8.43. The van der Waals surface area contributed by atoms with Gasteiger partial charge in [-0.25, -0.2) is 0 Å². The van der Waals surface area contributed by atoms with Crippen molar-refractivity contribution in [1.82, 2.24) is 14.5 Å². The molecule has 0 aliphatic heterocycles. The second kappa shape index (κ2) is 4.83. The first-order valence-electron chi connectivity index (χ1n) is 4.36. The monoisotopic (exact) mass is 229 g/mol. The summed E-state index contributed by atoms with van der Waals surface area (Å²) >= 11 is 0.983. The molecule has 1 heterocycles. The Bertz CT molecular complexity index is 377. The highest BCUT2D eigenvalue weighted by molar-refractivity contribution is 7.07. The van der Waals surface area contributed by atoms with Crippen LogP contribution in [0.4, 0.5) is 0 Å². The fourth-order valence-corrected chi connectivity index (χ4v) is 1.69. The molecule has 1 rings (SSSR count). The Hall–Kier alpha value is -1.50. The van der Waals surface area contributed by atoms with E-state index >= 15 is 0 Å². The number of likely N-dealkylation sites (N-methyl/N-ethyl adjacent to an activating group) is 1. The molecule has 82 valence electrons. The third kappa shape index (κ3) is 2.72. The summed E-state index contributed by atoms with van der Waals surface area (Å²) in [6, 6.07) is 0. The average Bonchev–Trinajstić information content (AvgIpc) is 2.59. The Labute approximate surface area is 90.7 Å². The van der Waals surface area contributed by atoms with Gasteiger partial charge in [-0.1, -0.05) is 4.49 Å². The smallest absolute Gasteiger partial charge is 0.323 e. The number of amides is 1. The predicted molar refractivity (Wildman–Crippen MR) is 53.9 cm³/mol. The lowest BCUT2D eigenvalue weighted by atomic mass is 10.3. The van der Waals surface area contributed by atoms with Crippen LogP contribution in [0.2, 0.25) is 0 Å². The number of hydrogen-bond acceptors (Lipinski definition) is 5. The molecule has 0 atom stereocenters. The number of nitrogens with zero attached hydrogens (tertiary/aromatic N) is 3. The molecule has 6 nitrogen and oxygen atoms in total. The highest BCUT2D eigenvalue weighted by Crippen LogP contribution is 2.12. The number of aliphatic carboxylic acids is 1. The van der Waals surface area contributed by atoms with Gasteiger partial charge in [0.2, 0.25) is 0 Å². The summed E-state index contributed by atoms with van der Waals surface area (Å²) in [5.74, 6) is -1.35. The minimum Gasteiger partial charge on any atom is -0.480 e. The van der Waals surface area contributed by atoms with Crippen LogP contribution in [-0.2, 0) is 4.79 Å². The van der Waals surface area contributed by atoms with Crippen molar-refractivity contribution in [2.45, 2.75) is 13.8 Å². The minimum absolute atomic E-state index is 0.299. The fraction of sp³-hybridized carbons (Fsp3) is 0.500. The molecule has 0 aliphatic carbocycles. The SMILES string of the molecule is CCN(CC(=O)O)C(=O)c1snnc1C. The van der Waals surface area contributed by atoms with Gasteiger partial charge in [-0.15, -0.1) is 5.10 Å². The average molecular weight is 229 g/mol. The van der Waals surface area contributed by atoms with Crippen LogP contribution in [0.3, 0.4) is 0 Å². The lowest BCUT2D eigenvalue weighted by Gasteiger charge is -2.17. The molecule has 0 aromatic carbocycles. The molecule has 1 aromatic heterocycles. The molecule has 15 heavy (non-hydrogen) atoms. The molecule has 1 N–H and O–H groups in total. The number of aryl methyl sites for hydroxylation is 1. The Kier molecular flexibility index (Phi) is 3.73. The van der Waals surface area contributed by atoms with Crippen molar-refractivity contribution in [2.24, 2.45) is 0 Å². The van der Waals surface area contributed by atoms with Gasteiger partial charge < -0.3 is 10.0 Å². The normalized spacial score (nSPS) is 10.0. The minimum atomic E-state index is -1.03. The molecule has 0 bridgehead atoms. The molecule has 0 aliphatic rings. The van der Waals surface area contributed by atoms with Gasteiger partial charge in [0, 0.05) is 6.54 Å². The Morgan fingerprint density at radius 2 is 2.20 bits per heavy atom.